The highest BCUT2D eigenvalue weighted by Crippen LogP contribution is 2.39. The number of benzene rings is 2. The second kappa shape index (κ2) is 11.9. The Morgan fingerprint density at radius 1 is 1.17 bits per heavy atom. The van der Waals surface area contributed by atoms with Gasteiger partial charge in [0.1, 0.15) is 11.8 Å². The molecule has 0 saturated carbocycles. The van der Waals surface area contributed by atoms with E-state index in [0.717, 1.165) is 27.7 Å². The molecule has 10 heteroatoms. The van der Waals surface area contributed by atoms with Crippen LogP contribution in [0.4, 0.5) is 4.79 Å². The Kier molecular flexibility index (Phi) is 8.71. The van der Waals surface area contributed by atoms with Gasteiger partial charge in [-0.25, -0.2) is 4.79 Å². The predicted octanol–water partition coefficient (Wildman–Crippen LogP) is 2.86. The summed E-state index contributed by atoms with van der Waals surface area (Å²) in [4.78, 5) is 18.7. The number of aliphatic hydroxyl groups excluding tert-OH is 3. The zero-order chi connectivity index (χ0) is 25.7. The lowest BCUT2D eigenvalue weighted by Crippen LogP contribution is -2.39. The first kappa shape index (κ1) is 26.2. The highest BCUT2D eigenvalue weighted by atomic mass is 35.5. The predicted molar refractivity (Wildman–Crippen MR) is 137 cm³/mol. The fourth-order valence-electron chi connectivity index (χ4n) is 4.84. The molecule has 36 heavy (non-hydrogen) atoms. The lowest BCUT2D eigenvalue weighted by molar-refractivity contribution is 0.0731. The number of rotatable bonds is 11. The zero-order valence-electron chi connectivity index (χ0n) is 19.9. The lowest BCUT2D eigenvalue weighted by atomic mass is 9.92. The van der Waals surface area contributed by atoms with Gasteiger partial charge < -0.3 is 30.1 Å². The van der Waals surface area contributed by atoms with E-state index in [4.69, 9.17) is 26.6 Å². The summed E-state index contributed by atoms with van der Waals surface area (Å²) in [5.74, 6) is 0.620. The molecule has 2 aromatic carbocycles. The van der Waals surface area contributed by atoms with Crippen LogP contribution in [0.1, 0.15) is 29.3 Å². The quantitative estimate of drug-likeness (QED) is 0.264. The van der Waals surface area contributed by atoms with E-state index in [1.165, 1.54) is 4.90 Å². The highest BCUT2D eigenvalue weighted by Gasteiger charge is 2.34. The molecular weight excluding hydrogens is 486 g/mol. The van der Waals surface area contributed by atoms with Crippen LogP contribution >= 0.6 is 11.6 Å². The summed E-state index contributed by atoms with van der Waals surface area (Å²) in [6.45, 7) is 1.72. The van der Waals surface area contributed by atoms with Crippen molar-refractivity contribution in [2.45, 2.75) is 25.0 Å². The topological polar surface area (TPSA) is 129 Å². The molecule has 2 unspecified atom stereocenters. The van der Waals surface area contributed by atoms with Gasteiger partial charge in [-0.05, 0) is 47.9 Å². The van der Waals surface area contributed by atoms with Crippen LogP contribution in [-0.2, 0) is 6.42 Å². The average molecular weight is 518 g/mol. The molecule has 2 heterocycles. The Morgan fingerprint density at radius 2 is 1.89 bits per heavy atom. The van der Waals surface area contributed by atoms with E-state index >= 15 is 0 Å². The van der Waals surface area contributed by atoms with Crippen LogP contribution in [0.3, 0.4) is 0 Å². The lowest BCUT2D eigenvalue weighted by Gasteiger charge is -2.34. The van der Waals surface area contributed by atoms with Gasteiger partial charge in [0.15, 0.2) is 0 Å². The van der Waals surface area contributed by atoms with Crippen LogP contribution in [0.25, 0.3) is 10.9 Å². The molecule has 4 rings (SSSR count). The smallest absolute Gasteiger partial charge is 0.408 e. The second-order valence-corrected chi connectivity index (χ2v) is 9.38. The first-order chi connectivity index (χ1) is 17.4. The molecule has 2 atom stereocenters. The first-order valence-corrected chi connectivity index (χ1v) is 12.4. The van der Waals surface area contributed by atoms with Gasteiger partial charge in [-0.2, -0.15) is 0 Å². The van der Waals surface area contributed by atoms with Gasteiger partial charge in [-0.1, -0.05) is 23.7 Å². The minimum atomic E-state index is -0.979. The summed E-state index contributed by atoms with van der Waals surface area (Å²) in [6, 6.07) is 12.5. The van der Waals surface area contributed by atoms with Crippen LogP contribution in [0.2, 0.25) is 5.02 Å². The van der Waals surface area contributed by atoms with Gasteiger partial charge in [0, 0.05) is 54.2 Å². The van der Waals surface area contributed by atoms with Gasteiger partial charge in [-0.3, -0.25) is 9.80 Å². The minimum absolute atomic E-state index is 0.0381. The molecule has 1 aliphatic heterocycles. The van der Waals surface area contributed by atoms with Gasteiger partial charge >= 0.3 is 6.09 Å². The number of H-pyrrole nitrogens is 1. The van der Waals surface area contributed by atoms with E-state index in [9.17, 15) is 15.0 Å². The first-order valence-electron chi connectivity index (χ1n) is 12.1. The molecule has 1 amide bonds. The largest absolute Gasteiger partial charge is 0.493 e. The SMILES string of the molecule is O=C(O)N1CCc2c([nH]c3ccc(Cl)cc23)C1c1ccc(OCCC(O)CN(CCO)CCO)cc1. The Bertz CT molecular complexity index is 1160. The third kappa shape index (κ3) is 5.93. The maximum absolute atomic E-state index is 12.1. The highest BCUT2D eigenvalue weighted by molar-refractivity contribution is 6.31. The van der Waals surface area contributed by atoms with E-state index in [1.54, 1.807) is 17.0 Å². The summed E-state index contributed by atoms with van der Waals surface area (Å²) >= 11 is 6.21. The number of aromatic amines is 1. The molecule has 0 spiro atoms. The third-order valence-corrected chi connectivity index (χ3v) is 6.79. The van der Waals surface area contributed by atoms with Crippen molar-refractivity contribution in [1.82, 2.24) is 14.8 Å². The number of hydrogen-bond donors (Lipinski definition) is 5. The van der Waals surface area contributed by atoms with Crippen molar-refractivity contribution in [1.29, 1.82) is 0 Å². The van der Waals surface area contributed by atoms with E-state index in [2.05, 4.69) is 4.98 Å². The summed E-state index contributed by atoms with van der Waals surface area (Å²) < 4.78 is 5.80. The van der Waals surface area contributed by atoms with Crippen molar-refractivity contribution in [3.63, 3.8) is 0 Å². The molecule has 3 aromatic rings. The van der Waals surface area contributed by atoms with Crippen LogP contribution < -0.4 is 4.74 Å². The molecule has 1 aromatic heterocycles. The molecule has 9 nitrogen and oxygen atoms in total. The maximum atomic E-state index is 12.1. The summed E-state index contributed by atoms with van der Waals surface area (Å²) in [5, 5.41) is 40.0. The van der Waals surface area contributed by atoms with Gasteiger partial charge in [0.25, 0.3) is 0 Å². The Hall–Kier alpha value is -2.82. The van der Waals surface area contributed by atoms with E-state index < -0.39 is 18.2 Å². The number of hydrogen-bond acceptors (Lipinski definition) is 6. The van der Waals surface area contributed by atoms with Crippen molar-refractivity contribution < 1.29 is 30.0 Å². The van der Waals surface area contributed by atoms with Crippen molar-refractivity contribution in [2.24, 2.45) is 0 Å². The number of nitrogens with one attached hydrogen (secondary N) is 1. The third-order valence-electron chi connectivity index (χ3n) is 6.55. The number of aromatic nitrogens is 1. The van der Waals surface area contributed by atoms with Gasteiger partial charge in [-0.15, -0.1) is 0 Å². The average Bonchev–Trinajstić information content (AvgIpc) is 3.22. The van der Waals surface area contributed by atoms with Crippen LogP contribution in [-0.4, -0.2) is 93.4 Å². The molecule has 5 N–H and O–H groups in total. The fraction of sp³-hybridized carbons (Fsp3) is 0.423. The van der Waals surface area contributed by atoms with Crippen molar-refractivity contribution >= 4 is 28.6 Å². The number of nitrogens with zero attached hydrogens (tertiary/aromatic N) is 2. The fourth-order valence-corrected chi connectivity index (χ4v) is 5.01. The molecule has 0 saturated heterocycles. The van der Waals surface area contributed by atoms with Crippen LogP contribution in [0.15, 0.2) is 42.5 Å². The Balaban J connectivity index is 1.45. The molecule has 194 valence electrons. The van der Waals surface area contributed by atoms with E-state index in [0.29, 0.717) is 56.4 Å². The number of carbonyl (C=O) groups is 1. The molecule has 1 aliphatic rings. The molecule has 0 bridgehead atoms. The Morgan fingerprint density at radius 3 is 2.56 bits per heavy atom. The molecule has 0 fully saturated rings. The van der Waals surface area contributed by atoms with Crippen molar-refractivity contribution in [3.8, 4) is 5.75 Å². The number of fused-ring (bicyclic) bond motifs is 3. The second-order valence-electron chi connectivity index (χ2n) is 8.94. The normalized spacial score (nSPS) is 16.4. The Labute approximate surface area is 214 Å². The summed E-state index contributed by atoms with van der Waals surface area (Å²) in [7, 11) is 0. The molecular formula is C26H32ClN3O6. The number of aliphatic hydroxyl groups is 3. The minimum Gasteiger partial charge on any atom is -0.493 e. The maximum Gasteiger partial charge on any atom is 0.408 e. The van der Waals surface area contributed by atoms with Gasteiger partial charge in [0.2, 0.25) is 0 Å². The van der Waals surface area contributed by atoms with Crippen molar-refractivity contribution in [3.05, 3.63) is 64.3 Å². The van der Waals surface area contributed by atoms with E-state index in [1.807, 2.05) is 30.3 Å². The van der Waals surface area contributed by atoms with E-state index in [-0.39, 0.29) is 13.2 Å². The monoisotopic (exact) mass is 517 g/mol. The number of halogens is 1. The van der Waals surface area contributed by atoms with Crippen molar-refractivity contribution in [2.75, 3.05) is 46.0 Å². The number of carboxylic acid groups (broad SMARTS) is 1. The number of amides is 1. The van der Waals surface area contributed by atoms with Gasteiger partial charge in [0.05, 0.1) is 25.9 Å². The van der Waals surface area contributed by atoms with Crippen LogP contribution in [0.5, 0.6) is 5.75 Å². The zero-order valence-corrected chi connectivity index (χ0v) is 20.7. The summed E-state index contributed by atoms with van der Waals surface area (Å²) in [5.41, 5.74) is 3.69. The summed E-state index contributed by atoms with van der Waals surface area (Å²) in [6.07, 6.45) is -0.627. The standard InChI is InChI=1S/C26H32ClN3O6/c27-18-3-6-23-22(15-18)21-7-9-30(26(34)35)25(24(21)28-23)17-1-4-20(5-2-17)36-14-8-19(33)16-29(10-12-31)11-13-32/h1-6,15,19,25,28,31-33H,7-14,16H2,(H,34,35). The van der Waals surface area contributed by atoms with Crippen LogP contribution in [0, 0.1) is 0 Å². The molecule has 0 aliphatic carbocycles. The molecule has 0 radical (unpaired) electrons. The number of ether oxygens (including phenoxy) is 1.